The number of nitrogens with one attached hydrogen (secondary N) is 1. The molecule has 0 saturated carbocycles. The van der Waals surface area contributed by atoms with Crippen LogP contribution in [0, 0.1) is 11.6 Å². The van der Waals surface area contributed by atoms with Crippen LogP contribution >= 0.6 is 0 Å². The number of halogens is 2. The molecule has 21 heavy (non-hydrogen) atoms. The Balaban J connectivity index is 2.31. The number of ether oxygens (including phenoxy) is 1. The molecule has 0 radical (unpaired) electrons. The summed E-state index contributed by atoms with van der Waals surface area (Å²) in [6.45, 7) is 9.98. The summed E-state index contributed by atoms with van der Waals surface area (Å²) < 4.78 is 32.5. The van der Waals surface area contributed by atoms with E-state index in [0.717, 1.165) is 25.7 Å². The van der Waals surface area contributed by atoms with Crippen molar-refractivity contribution in [1.82, 2.24) is 10.2 Å². The van der Waals surface area contributed by atoms with Crippen LogP contribution in [0.4, 0.5) is 8.78 Å². The molecular formula is C16H24F2N2O. The van der Waals surface area contributed by atoms with E-state index in [0.29, 0.717) is 18.8 Å². The summed E-state index contributed by atoms with van der Waals surface area (Å²) >= 11 is 0. The van der Waals surface area contributed by atoms with E-state index in [1.807, 2.05) is 6.92 Å². The van der Waals surface area contributed by atoms with Gasteiger partial charge in [-0.25, -0.2) is 8.78 Å². The average molecular weight is 298 g/mol. The van der Waals surface area contributed by atoms with Gasteiger partial charge < -0.3 is 10.1 Å². The van der Waals surface area contributed by atoms with Crippen molar-refractivity contribution in [2.75, 3.05) is 32.8 Å². The topological polar surface area (TPSA) is 24.5 Å². The van der Waals surface area contributed by atoms with Gasteiger partial charge in [0.05, 0.1) is 19.3 Å². The molecule has 0 bridgehead atoms. The number of morpholine rings is 1. The van der Waals surface area contributed by atoms with Crippen LogP contribution in [0.3, 0.4) is 0 Å². The predicted molar refractivity (Wildman–Crippen MR) is 79.2 cm³/mol. The molecule has 1 aromatic rings. The predicted octanol–water partition coefficient (Wildman–Crippen LogP) is 2.73. The molecule has 1 fully saturated rings. The third kappa shape index (κ3) is 3.78. The third-order valence-corrected chi connectivity index (χ3v) is 4.16. The van der Waals surface area contributed by atoms with E-state index in [-0.39, 0.29) is 11.6 Å². The highest BCUT2D eigenvalue weighted by atomic mass is 19.1. The van der Waals surface area contributed by atoms with Crippen molar-refractivity contribution in [3.8, 4) is 0 Å². The van der Waals surface area contributed by atoms with Gasteiger partial charge in [0.1, 0.15) is 11.6 Å². The molecule has 0 amide bonds. The SMILES string of the molecule is CCNC(c1cc(F)cc(F)c1)C(C)(C)N1CCOCC1. The first-order valence-corrected chi connectivity index (χ1v) is 7.47. The number of rotatable bonds is 5. The highest BCUT2D eigenvalue weighted by molar-refractivity contribution is 5.25. The first kappa shape index (κ1) is 16.3. The summed E-state index contributed by atoms with van der Waals surface area (Å²) in [7, 11) is 0. The minimum atomic E-state index is -0.536. The quantitative estimate of drug-likeness (QED) is 0.904. The Morgan fingerprint density at radius 1 is 1.19 bits per heavy atom. The van der Waals surface area contributed by atoms with Gasteiger partial charge in [-0.05, 0) is 38.1 Å². The number of hydrogen-bond donors (Lipinski definition) is 1. The Morgan fingerprint density at radius 2 is 1.76 bits per heavy atom. The smallest absolute Gasteiger partial charge is 0.126 e. The largest absolute Gasteiger partial charge is 0.379 e. The van der Waals surface area contributed by atoms with Gasteiger partial charge in [0, 0.05) is 24.7 Å². The van der Waals surface area contributed by atoms with E-state index in [1.54, 1.807) is 0 Å². The van der Waals surface area contributed by atoms with E-state index < -0.39 is 11.6 Å². The maximum absolute atomic E-state index is 13.6. The third-order valence-electron chi connectivity index (χ3n) is 4.16. The van der Waals surface area contributed by atoms with Gasteiger partial charge in [0.25, 0.3) is 0 Å². The van der Waals surface area contributed by atoms with Gasteiger partial charge >= 0.3 is 0 Å². The lowest BCUT2D eigenvalue weighted by molar-refractivity contribution is -0.0237. The van der Waals surface area contributed by atoms with E-state index in [4.69, 9.17) is 4.74 Å². The van der Waals surface area contributed by atoms with Crippen LogP contribution in [0.25, 0.3) is 0 Å². The molecule has 1 atom stereocenters. The van der Waals surface area contributed by atoms with Crippen molar-refractivity contribution in [1.29, 1.82) is 0 Å². The molecule has 0 aromatic heterocycles. The number of benzene rings is 1. The molecule has 3 nitrogen and oxygen atoms in total. The minimum Gasteiger partial charge on any atom is -0.379 e. The number of nitrogens with zero attached hydrogens (tertiary/aromatic N) is 1. The Hall–Kier alpha value is -1.04. The van der Waals surface area contributed by atoms with Crippen molar-refractivity contribution >= 4 is 0 Å². The molecule has 1 heterocycles. The molecule has 1 aromatic carbocycles. The molecule has 118 valence electrons. The first-order chi connectivity index (χ1) is 9.95. The number of hydrogen-bond acceptors (Lipinski definition) is 3. The molecular weight excluding hydrogens is 274 g/mol. The molecule has 1 unspecified atom stereocenters. The molecule has 1 aliphatic heterocycles. The first-order valence-electron chi connectivity index (χ1n) is 7.47. The molecule has 2 rings (SSSR count). The zero-order valence-corrected chi connectivity index (χ0v) is 13.0. The van der Waals surface area contributed by atoms with Crippen LogP contribution < -0.4 is 5.32 Å². The van der Waals surface area contributed by atoms with Gasteiger partial charge in [-0.1, -0.05) is 6.92 Å². The van der Waals surface area contributed by atoms with Crippen LogP contribution in [-0.2, 0) is 4.74 Å². The Bertz CT molecular complexity index is 453. The minimum absolute atomic E-state index is 0.147. The molecule has 0 aliphatic carbocycles. The molecule has 1 aliphatic rings. The fourth-order valence-electron chi connectivity index (χ4n) is 3.04. The fourth-order valence-corrected chi connectivity index (χ4v) is 3.04. The lowest BCUT2D eigenvalue weighted by Crippen LogP contribution is -2.56. The molecule has 1 N–H and O–H groups in total. The van der Waals surface area contributed by atoms with Crippen LogP contribution in [0.15, 0.2) is 18.2 Å². The fraction of sp³-hybridized carbons (Fsp3) is 0.625. The Morgan fingerprint density at radius 3 is 2.29 bits per heavy atom. The van der Waals surface area contributed by atoms with Crippen molar-refractivity contribution in [2.45, 2.75) is 32.4 Å². The zero-order valence-electron chi connectivity index (χ0n) is 13.0. The molecule has 1 saturated heterocycles. The van der Waals surface area contributed by atoms with E-state index in [1.165, 1.54) is 12.1 Å². The van der Waals surface area contributed by atoms with E-state index in [2.05, 4.69) is 24.1 Å². The lowest BCUT2D eigenvalue weighted by atomic mass is 9.86. The summed E-state index contributed by atoms with van der Waals surface area (Å²) in [4.78, 5) is 2.31. The maximum Gasteiger partial charge on any atom is 0.126 e. The number of likely N-dealkylation sites (N-methyl/N-ethyl adjacent to an activating group) is 1. The summed E-state index contributed by atoms with van der Waals surface area (Å²) in [5, 5.41) is 3.38. The van der Waals surface area contributed by atoms with Crippen LogP contribution in [0.2, 0.25) is 0 Å². The second-order valence-electron chi connectivity index (χ2n) is 5.95. The summed E-state index contributed by atoms with van der Waals surface area (Å²) in [6.07, 6.45) is 0. The monoisotopic (exact) mass is 298 g/mol. The van der Waals surface area contributed by atoms with Crippen molar-refractivity contribution in [2.24, 2.45) is 0 Å². The standard InChI is InChI=1S/C16H24F2N2O/c1-4-19-15(12-9-13(17)11-14(18)10-12)16(2,3)20-5-7-21-8-6-20/h9-11,15,19H,4-8H2,1-3H3. The Kier molecular flexibility index (Phi) is 5.30. The normalized spacial score (nSPS) is 18.7. The van der Waals surface area contributed by atoms with Crippen molar-refractivity contribution < 1.29 is 13.5 Å². The van der Waals surface area contributed by atoms with Gasteiger partial charge in [0.2, 0.25) is 0 Å². The molecule has 5 heteroatoms. The van der Waals surface area contributed by atoms with Gasteiger partial charge in [0.15, 0.2) is 0 Å². The van der Waals surface area contributed by atoms with Crippen molar-refractivity contribution in [3.05, 3.63) is 35.4 Å². The van der Waals surface area contributed by atoms with Gasteiger partial charge in [-0.15, -0.1) is 0 Å². The van der Waals surface area contributed by atoms with Crippen LogP contribution in [0.1, 0.15) is 32.4 Å². The van der Waals surface area contributed by atoms with E-state index in [9.17, 15) is 8.78 Å². The summed E-state index contributed by atoms with van der Waals surface area (Å²) in [6, 6.07) is 3.59. The second kappa shape index (κ2) is 6.81. The summed E-state index contributed by atoms with van der Waals surface area (Å²) in [5.41, 5.74) is 0.380. The summed E-state index contributed by atoms with van der Waals surface area (Å²) in [5.74, 6) is -1.07. The highest BCUT2D eigenvalue weighted by Gasteiger charge is 2.37. The average Bonchev–Trinajstić information content (AvgIpc) is 2.44. The zero-order chi connectivity index (χ0) is 15.5. The lowest BCUT2D eigenvalue weighted by Gasteiger charge is -2.46. The van der Waals surface area contributed by atoms with E-state index >= 15 is 0 Å². The molecule has 0 spiro atoms. The van der Waals surface area contributed by atoms with Crippen LogP contribution in [-0.4, -0.2) is 43.3 Å². The Labute approximate surface area is 125 Å². The van der Waals surface area contributed by atoms with Crippen LogP contribution in [0.5, 0.6) is 0 Å². The maximum atomic E-state index is 13.6. The van der Waals surface area contributed by atoms with Gasteiger partial charge in [-0.3, -0.25) is 4.90 Å². The second-order valence-corrected chi connectivity index (χ2v) is 5.95. The van der Waals surface area contributed by atoms with Gasteiger partial charge in [-0.2, -0.15) is 0 Å². The highest BCUT2D eigenvalue weighted by Crippen LogP contribution is 2.32. The van der Waals surface area contributed by atoms with Crippen molar-refractivity contribution in [3.63, 3.8) is 0 Å².